The SMILES string of the molecule is CC(O)(CN)c1c(F)c(F)cc(F)c1F. The Morgan fingerprint density at radius 3 is 1.93 bits per heavy atom. The standard InChI is InChI=1S/C9H9F4NO/c1-9(15,3-14)6-7(12)4(10)2-5(11)8(6)13/h2,15H,3,14H2,1H3. The first-order valence-corrected chi connectivity index (χ1v) is 4.07. The van der Waals surface area contributed by atoms with E-state index in [0.29, 0.717) is 0 Å². The van der Waals surface area contributed by atoms with Crippen LogP contribution in [0.15, 0.2) is 6.07 Å². The molecule has 0 aromatic heterocycles. The van der Waals surface area contributed by atoms with E-state index >= 15 is 0 Å². The van der Waals surface area contributed by atoms with E-state index in [1.807, 2.05) is 0 Å². The molecule has 6 heteroatoms. The van der Waals surface area contributed by atoms with Crippen molar-refractivity contribution in [3.8, 4) is 0 Å². The largest absolute Gasteiger partial charge is 0.384 e. The highest BCUT2D eigenvalue weighted by atomic mass is 19.2. The second-order valence-corrected chi connectivity index (χ2v) is 3.32. The van der Waals surface area contributed by atoms with E-state index in [4.69, 9.17) is 5.73 Å². The van der Waals surface area contributed by atoms with Gasteiger partial charge in [0, 0.05) is 12.6 Å². The summed E-state index contributed by atoms with van der Waals surface area (Å²) in [5.74, 6) is -6.41. The van der Waals surface area contributed by atoms with Crippen molar-refractivity contribution in [2.24, 2.45) is 5.73 Å². The average molecular weight is 223 g/mol. The smallest absolute Gasteiger partial charge is 0.168 e. The van der Waals surface area contributed by atoms with Crippen LogP contribution in [0.1, 0.15) is 12.5 Å². The summed E-state index contributed by atoms with van der Waals surface area (Å²) in [5.41, 5.74) is 1.80. The topological polar surface area (TPSA) is 46.2 Å². The van der Waals surface area contributed by atoms with E-state index in [-0.39, 0.29) is 6.07 Å². The van der Waals surface area contributed by atoms with Crippen LogP contribution in [0.2, 0.25) is 0 Å². The molecule has 1 aromatic carbocycles. The molecule has 0 aliphatic heterocycles. The second kappa shape index (κ2) is 3.79. The Morgan fingerprint density at radius 2 is 1.60 bits per heavy atom. The number of rotatable bonds is 2. The van der Waals surface area contributed by atoms with Gasteiger partial charge in [0.05, 0.1) is 5.56 Å². The summed E-state index contributed by atoms with van der Waals surface area (Å²) in [4.78, 5) is 0. The summed E-state index contributed by atoms with van der Waals surface area (Å²) in [6, 6.07) is 0.0702. The zero-order valence-corrected chi connectivity index (χ0v) is 7.82. The second-order valence-electron chi connectivity index (χ2n) is 3.32. The molecule has 1 rings (SSSR count). The molecular formula is C9H9F4NO. The highest BCUT2D eigenvalue weighted by Crippen LogP contribution is 2.28. The minimum atomic E-state index is -2.16. The van der Waals surface area contributed by atoms with Crippen LogP contribution in [0.4, 0.5) is 17.6 Å². The van der Waals surface area contributed by atoms with Crippen molar-refractivity contribution in [3.05, 3.63) is 34.9 Å². The molecule has 0 amide bonds. The summed E-state index contributed by atoms with van der Waals surface area (Å²) in [7, 11) is 0. The maximum absolute atomic E-state index is 13.1. The fourth-order valence-electron chi connectivity index (χ4n) is 1.15. The molecule has 0 saturated heterocycles. The van der Waals surface area contributed by atoms with Crippen molar-refractivity contribution >= 4 is 0 Å². The van der Waals surface area contributed by atoms with Crippen molar-refractivity contribution in [3.63, 3.8) is 0 Å². The third-order valence-corrected chi connectivity index (χ3v) is 2.05. The van der Waals surface area contributed by atoms with Crippen molar-refractivity contribution in [2.75, 3.05) is 6.54 Å². The molecule has 15 heavy (non-hydrogen) atoms. The van der Waals surface area contributed by atoms with Crippen molar-refractivity contribution in [1.29, 1.82) is 0 Å². The van der Waals surface area contributed by atoms with E-state index in [0.717, 1.165) is 6.92 Å². The van der Waals surface area contributed by atoms with Crippen molar-refractivity contribution in [2.45, 2.75) is 12.5 Å². The number of hydrogen-bond donors (Lipinski definition) is 2. The molecular weight excluding hydrogens is 214 g/mol. The highest BCUT2D eigenvalue weighted by Gasteiger charge is 2.32. The van der Waals surface area contributed by atoms with Crippen molar-refractivity contribution < 1.29 is 22.7 Å². The van der Waals surface area contributed by atoms with Gasteiger partial charge in [-0.3, -0.25) is 0 Å². The summed E-state index contributed by atoms with van der Waals surface area (Å²) in [5, 5.41) is 9.47. The van der Waals surface area contributed by atoms with Crippen LogP contribution in [0.25, 0.3) is 0 Å². The van der Waals surface area contributed by atoms with Crippen molar-refractivity contribution in [1.82, 2.24) is 0 Å². The third kappa shape index (κ3) is 1.95. The molecule has 0 heterocycles. The summed E-state index contributed by atoms with van der Waals surface area (Å²) >= 11 is 0. The Kier molecular flexibility index (Phi) is 3.01. The number of benzene rings is 1. The van der Waals surface area contributed by atoms with Gasteiger partial charge in [-0.2, -0.15) is 0 Å². The van der Waals surface area contributed by atoms with Gasteiger partial charge in [-0.1, -0.05) is 0 Å². The van der Waals surface area contributed by atoms with Gasteiger partial charge in [0.1, 0.15) is 5.60 Å². The van der Waals surface area contributed by atoms with Crippen LogP contribution in [0, 0.1) is 23.3 Å². The predicted molar refractivity (Wildman–Crippen MR) is 44.9 cm³/mol. The number of hydrogen-bond acceptors (Lipinski definition) is 2. The monoisotopic (exact) mass is 223 g/mol. The van der Waals surface area contributed by atoms with Gasteiger partial charge in [-0.25, -0.2) is 17.6 Å². The lowest BCUT2D eigenvalue weighted by Crippen LogP contribution is -2.34. The third-order valence-electron chi connectivity index (χ3n) is 2.05. The fourth-order valence-corrected chi connectivity index (χ4v) is 1.15. The van der Waals surface area contributed by atoms with Crippen LogP contribution in [0.3, 0.4) is 0 Å². The molecule has 3 N–H and O–H groups in total. The van der Waals surface area contributed by atoms with Gasteiger partial charge < -0.3 is 10.8 Å². The molecule has 0 spiro atoms. The summed E-state index contributed by atoms with van der Waals surface area (Å²) in [6.07, 6.45) is 0. The molecule has 1 aromatic rings. The van der Waals surface area contributed by atoms with E-state index in [1.165, 1.54) is 0 Å². The van der Waals surface area contributed by atoms with Crippen LogP contribution in [-0.2, 0) is 5.60 Å². The maximum atomic E-state index is 13.1. The van der Waals surface area contributed by atoms with Crippen LogP contribution < -0.4 is 5.73 Å². The quantitative estimate of drug-likeness (QED) is 0.588. The lowest BCUT2D eigenvalue weighted by molar-refractivity contribution is 0.0569. The lowest BCUT2D eigenvalue weighted by Gasteiger charge is -2.22. The number of aliphatic hydroxyl groups is 1. The maximum Gasteiger partial charge on any atom is 0.168 e. The van der Waals surface area contributed by atoms with Gasteiger partial charge >= 0.3 is 0 Å². The molecule has 84 valence electrons. The van der Waals surface area contributed by atoms with E-state index in [9.17, 15) is 22.7 Å². The molecule has 1 atom stereocenters. The Hall–Kier alpha value is -1.14. The molecule has 0 aliphatic carbocycles. The van der Waals surface area contributed by atoms with Crippen LogP contribution in [0.5, 0.6) is 0 Å². The summed E-state index contributed by atoms with van der Waals surface area (Å²) < 4.78 is 51.8. The molecule has 0 bridgehead atoms. The zero-order valence-electron chi connectivity index (χ0n) is 7.82. The Bertz CT molecular complexity index is 366. The van der Waals surface area contributed by atoms with E-state index < -0.39 is 41.0 Å². The summed E-state index contributed by atoms with van der Waals surface area (Å²) in [6.45, 7) is 0.400. The number of halogens is 4. The first-order valence-electron chi connectivity index (χ1n) is 4.07. The first kappa shape index (κ1) is 11.9. The molecule has 0 fully saturated rings. The predicted octanol–water partition coefficient (Wildman–Crippen LogP) is 1.41. The van der Waals surface area contributed by atoms with Gasteiger partial charge in [0.2, 0.25) is 0 Å². The fraction of sp³-hybridized carbons (Fsp3) is 0.333. The van der Waals surface area contributed by atoms with E-state index in [1.54, 1.807) is 0 Å². The first-order chi connectivity index (χ1) is 6.81. The minimum absolute atomic E-state index is 0.0702. The Balaban J connectivity index is 3.53. The van der Waals surface area contributed by atoms with Gasteiger partial charge in [-0.05, 0) is 6.92 Å². The number of nitrogens with two attached hydrogens (primary N) is 1. The Morgan fingerprint density at radius 1 is 1.20 bits per heavy atom. The normalized spacial score (nSPS) is 15.1. The molecule has 0 saturated carbocycles. The van der Waals surface area contributed by atoms with E-state index in [2.05, 4.69) is 0 Å². The average Bonchev–Trinajstić information content (AvgIpc) is 2.15. The minimum Gasteiger partial charge on any atom is -0.384 e. The highest BCUT2D eigenvalue weighted by molar-refractivity contribution is 5.28. The zero-order chi connectivity index (χ0) is 11.8. The molecule has 2 nitrogen and oxygen atoms in total. The van der Waals surface area contributed by atoms with Gasteiger partial charge in [0.15, 0.2) is 23.3 Å². The molecule has 0 aliphatic rings. The lowest BCUT2D eigenvalue weighted by atomic mass is 9.94. The molecule has 0 radical (unpaired) electrons. The van der Waals surface area contributed by atoms with Crippen LogP contribution in [-0.4, -0.2) is 11.7 Å². The van der Waals surface area contributed by atoms with Gasteiger partial charge in [0.25, 0.3) is 0 Å². The molecule has 1 unspecified atom stereocenters. The van der Waals surface area contributed by atoms with Crippen LogP contribution >= 0.6 is 0 Å². The Labute approximate surface area is 83.3 Å². The van der Waals surface area contributed by atoms with Gasteiger partial charge in [-0.15, -0.1) is 0 Å².